The highest BCUT2D eigenvalue weighted by atomic mass is 35.5. The Morgan fingerprint density at radius 2 is 1.96 bits per heavy atom. The van der Waals surface area contributed by atoms with E-state index in [-0.39, 0.29) is 16.6 Å². The number of rotatable bonds is 3. The molecule has 0 saturated carbocycles. The molecule has 3 rings (SSSR count). The predicted octanol–water partition coefficient (Wildman–Crippen LogP) is 2.33. The average molecular weight is 333 g/mol. The molecule has 0 aliphatic carbocycles. The van der Waals surface area contributed by atoms with Crippen LogP contribution in [-0.4, -0.2) is 40.9 Å². The number of likely N-dealkylation sites (N-methyl/N-ethyl adjacent to an activating group) is 1. The number of likely N-dealkylation sites (tertiary alicyclic amines) is 1. The number of nitrogens with one attached hydrogen (secondary N) is 1. The molecule has 1 aromatic heterocycles. The van der Waals surface area contributed by atoms with E-state index in [4.69, 9.17) is 11.6 Å². The van der Waals surface area contributed by atoms with Crippen LogP contribution in [0.15, 0.2) is 41.3 Å². The molecule has 23 heavy (non-hydrogen) atoms. The lowest BCUT2D eigenvalue weighted by molar-refractivity contribution is 0.235. The Balaban J connectivity index is 1.78. The predicted molar refractivity (Wildman–Crippen MR) is 93.2 cm³/mol. The van der Waals surface area contributed by atoms with Gasteiger partial charge in [-0.15, -0.1) is 0 Å². The van der Waals surface area contributed by atoms with E-state index >= 15 is 0 Å². The van der Waals surface area contributed by atoms with Gasteiger partial charge in [0.25, 0.3) is 5.56 Å². The summed E-state index contributed by atoms with van der Waals surface area (Å²) >= 11 is 6.16. The molecule has 1 saturated heterocycles. The average Bonchev–Trinajstić information content (AvgIpc) is 2.56. The zero-order chi connectivity index (χ0) is 16.4. The fourth-order valence-corrected chi connectivity index (χ4v) is 3.45. The zero-order valence-corrected chi connectivity index (χ0v) is 14.1. The normalized spacial score (nSPS) is 22.0. The van der Waals surface area contributed by atoms with E-state index in [1.165, 1.54) is 10.2 Å². The molecule has 1 aliphatic rings. The molecule has 1 aromatic carbocycles. The summed E-state index contributed by atoms with van der Waals surface area (Å²) in [5, 5.41) is 7.64. The molecule has 2 heterocycles. The van der Waals surface area contributed by atoms with Crippen LogP contribution >= 0.6 is 11.6 Å². The van der Waals surface area contributed by atoms with Crippen molar-refractivity contribution in [1.29, 1.82) is 0 Å². The van der Waals surface area contributed by atoms with Crippen molar-refractivity contribution in [3.05, 3.63) is 57.5 Å². The van der Waals surface area contributed by atoms with Crippen molar-refractivity contribution in [1.82, 2.24) is 14.7 Å². The second-order valence-corrected chi connectivity index (χ2v) is 6.58. The third-order valence-corrected chi connectivity index (χ3v) is 4.71. The lowest BCUT2D eigenvalue weighted by Crippen LogP contribution is -2.43. The number of anilines is 1. The molecule has 0 spiro atoms. The summed E-state index contributed by atoms with van der Waals surface area (Å²) in [6.45, 7) is 1.94. The number of aryl methyl sites for hydroxylation is 1. The summed E-state index contributed by atoms with van der Waals surface area (Å²) in [5.41, 5.74) is 1.68. The van der Waals surface area contributed by atoms with Gasteiger partial charge in [-0.2, -0.15) is 5.10 Å². The van der Waals surface area contributed by atoms with Crippen molar-refractivity contribution >= 4 is 17.3 Å². The SMILES string of the molecule is CN1C[C@@H](Nc2cnn(C)c(=O)c2Cl)C[C@@H](c2ccccc2)C1. The van der Waals surface area contributed by atoms with Crippen molar-refractivity contribution in [2.45, 2.75) is 18.4 Å². The van der Waals surface area contributed by atoms with Crippen molar-refractivity contribution in [3.63, 3.8) is 0 Å². The molecular weight excluding hydrogens is 312 g/mol. The van der Waals surface area contributed by atoms with E-state index in [9.17, 15) is 4.79 Å². The lowest BCUT2D eigenvalue weighted by atomic mass is 9.88. The van der Waals surface area contributed by atoms with Crippen molar-refractivity contribution in [2.75, 3.05) is 25.5 Å². The first-order chi connectivity index (χ1) is 11.0. The largest absolute Gasteiger partial charge is 0.378 e. The standard InChI is InChI=1S/C17H21ClN4O/c1-21-10-13(12-6-4-3-5-7-12)8-14(11-21)20-15-9-19-22(2)17(23)16(15)18/h3-7,9,13-14,20H,8,10-11H2,1-2H3/t13-,14+/m1/s1. The topological polar surface area (TPSA) is 50.2 Å². The molecule has 0 unspecified atom stereocenters. The lowest BCUT2D eigenvalue weighted by Gasteiger charge is -2.36. The van der Waals surface area contributed by atoms with Crippen LogP contribution < -0.4 is 10.9 Å². The molecule has 1 aliphatic heterocycles. The molecule has 1 N–H and O–H groups in total. The second-order valence-electron chi connectivity index (χ2n) is 6.21. The molecule has 1 fully saturated rings. The van der Waals surface area contributed by atoms with E-state index in [0.717, 1.165) is 19.5 Å². The van der Waals surface area contributed by atoms with E-state index in [0.29, 0.717) is 11.6 Å². The number of piperidine rings is 1. The van der Waals surface area contributed by atoms with Gasteiger partial charge in [-0.25, -0.2) is 4.68 Å². The highest BCUT2D eigenvalue weighted by Gasteiger charge is 2.27. The Bertz CT molecular complexity index is 731. The Morgan fingerprint density at radius 3 is 2.70 bits per heavy atom. The first-order valence-electron chi connectivity index (χ1n) is 7.76. The third-order valence-electron chi connectivity index (χ3n) is 4.34. The number of aromatic nitrogens is 2. The van der Waals surface area contributed by atoms with Crippen molar-refractivity contribution < 1.29 is 0 Å². The van der Waals surface area contributed by atoms with Gasteiger partial charge in [0, 0.05) is 26.2 Å². The fourth-order valence-electron chi connectivity index (χ4n) is 3.22. The molecule has 2 atom stereocenters. The summed E-state index contributed by atoms with van der Waals surface area (Å²) in [7, 11) is 3.71. The Kier molecular flexibility index (Phi) is 4.68. The maximum Gasteiger partial charge on any atom is 0.287 e. The molecule has 0 amide bonds. The van der Waals surface area contributed by atoms with Crippen LogP contribution in [0.2, 0.25) is 5.02 Å². The van der Waals surface area contributed by atoms with Gasteiger partial charge in [0.1, 0.15) is 5.02 Å². The quantitative estimate of drug-likeness (QED) is 0.937. The van der Waals surface area contributed by atoms with Crippen LogP contribution in [0.3, 0.4) is 0 Å². The summed E-state index contributed by atoms with van der Waals surface area (Å²) in [6, 6.07) is 10.8. The number of hydrogen-bond acceptors (Lipinski definition) is 4. The summed E-state index contributed by atoms with van der Waals surface area (Å²) in [5.74, 6) is 0.464. The minimum absolute atomic E-state index is 0.201. The number of nitrogens with zero attached hydrogens (tertiary/aromatic N) is 3. The van der Waals surface area contributed by atoms with E-state index in [1.807, 2.05) is 6.07 Å². The number of benzene rings is 1. The van der Waals surface area contributed by atoms with Gasteiger partial charge in [0.15, 0.2) is 0 Å². The highest BCUT2D eigenvalue weighted by molar-refractivity contribution is 6.32. The molecule has 2 aromatic rings. The summed E-state index contributed by atoms with van der Waals surface area (Å²) < 4.78 is 1.24. The van der Waals surface area contributed by atoms with Gasteiger partial charge in [0.2, 0.25) is 0 Å². The Hall–Kier alpha value is -1.85. The van der Waals surface area contributed by atoms with Crippen molar-refractivity contribution in [2.24, 2.45) is 7.05 Å². The molecule has 122 valence electrons. The minimum Gasteiger partial charge on any atom is -0.378 e. The van der Waals surface area contributed by atoms with Gasteiger partial charge in [-0.05, 0) is 24.9 Å². The number of hydrogen-bond donors (Lipinski definition) is 1. The molecule has 5 nitrogen and oxygen atoms in total. The first-order valence-corrected chi connectivity index (χ1v) is 8.14. The van der Waals surface area contributed by atoms with E-state index in [2.05, 4.69) is 46.6 Å². The van der Waals surface area contributed by atoms with Crippen LogP contribution in [0.1, 0.15) is 17.9 Å². The van der Waals surface area contributed by atoms with Gasteiger partial charge >= 0.3 is 0 Å². The van der Waals surface area contributed by atoms with Gasteiger partial charge in [-0.3, -0.25) is 4.79 Å². The summed E-state index contributed by atoms with van der Waals surface area (Å²) in [6.07, 6.45) is 2.62. The van der Waals surface area contributed by atoms with Crippen LogP contribution in [0, 0.1) is 0 Å². The van der Waals surface area contributed by atoms with Crippen molar-refractivity contribution in [3.8, 4) is 0 Å². The maximum absolute atomic E-state index is 11.9. The van der Waals surface area contributed by atoms with Gasteiger partial charge in [0.05, 0.1) is 11.9 Å². The second kappa shape index (κ2) is 6.72. The first kappa shape index (κ1) is 16.0. The summed E-state index contributed by atoms with van der Waals surface area (Å²) in [4.78, 5) is 14.2. The monoisotopic (exact) mass is 332 g/mol. The minimum atomic E-state index is -0.277. The van der Waals surface area contributed by atoms with Gasteiger partial charge < -0.3 is 10.2 Å². The molecule has 6 heteroatoms. The number of halogens is 1. The zero-order valence-electron chi connectivity index (χ0n) is 13.4. The Morgan fingerprint density at radius 1 is 1.22 bits per heavy atom. The fraction of sp³-hybridized carbons (Fsp3) is 0.412. The smallest absolute Gasteiger partial charge is 0.287 e. The highest BCUT2D eigenvalue weighted by Crippen LogP contribution is 2.28. The van der Waals surface area contributed by atoms with Crippen LogP contribution in [-0.2, 0) is 7.05 Å². The van der Waals surface area contributed by atoms with Crippen LogP contribution in [0.25, 0.3) is 0 Å². The molecule has 0 bridgehead atoms. The molecule has 0 radical (unpaired) electrons. The van der Waals surface area contributed by atoms with Crippen LogP contribution in [0.4, 0.5) is 5.69 Å². The maximum atomic E-state index is 11.9. The third kappa shape index (κ3) is 3.57. The van der Waals surface area contributed by atoms with E-state index in [1.54, 1.807) is 13.2 Å². The Labute approximate surface area is 140 Å². The van der Waals surface area contributed by atoms with Gasteiger partial charge in [-0.1, -0.05) is 41.9 Å². The molecular formula is C17H21ClN4O. The van der Waals surface area contributed by atoms with Crippen LogP contribution in [0.5, 0.6) is 0 Å². The van der Waals surface area contributed by atoms with E-state index < -0.39 is 0 Å².